The lowest BCUT2D eigenvalue weighted by atomic mass is 10.1. The van der Waals surface area contributed by atoms with Gasteiger partial charge in [-0.05, 0) is 44.9 Å². The number of benzene rings is 1. The second kappa shape index (κ2) is 6.70. The van der Waals surface area contributed by atoms with Crippen molar-refractivity contribution in [2.75, 3.05) is 11.9 Å². The van der Waals surface area contributed by atoms with Crippen LogP contribution in [0.4, 0.5) is 14.5 Å². The summed E-state index contributed by atoms with van der Waals surface area (Å²) in [4.78, 5) is 0. The molecule has 3 nitrogen and oxygen atoms in total. The smallest absolute Gasteiger partial charge is 0.387 e. The van der Waals surface area contributed by atoms with Crippen LogP contribution in [0.15, 0.2) is 24.3 Å². The van der Waals surface area contributed by atoms with Gasteiger partial charge in [0.1, 0.15) is 5.75 Å². The standard InChI is InChI=1S/C14H20F2N2O/c1-10(9-11-5-4-8-17-11)18-12-6-2-3-7-13(12)19-14(15)16/h2-3,6-7,10-11,14,17-18H,4-5,8-9H2,1H3. The molecule has 1 aromatic carbocycles. The third-order valence-electron chi connectivity index (χ3n) is 3.31. The number of ether oxygens (including phenoxy) is 1. The molecule has 2 unspecified atom stereocenters. The fourth-order valence-electron chi connectivity index (χ4n) is 2.49. The molecule has 1 aromatic rings. The van der Waals surface area contributed by atoms with Crippen molar-refractivity contribution in [3.05, 3.63) is 24.3 Å². The van der Waals surface area contributed by atoms with Crippen LogP contribution in [0.2, 0.25) is 0 Å². The number of anilines is 1. The number of rotatable bonds is 6. The summed E-state index contributed by atoms with van der Waals surface area (Å²) in [5.41, 5.74) is 0.619. The molecule has 0 aliphatic carbocycles. The van der Waals surface area contributed by atoms with E-state index in [9.17, 15) is 8.78 Å². The predicted octanol–water partition coefficient (Wildman–Crippen LogP) is 3.23. The lowest BCUT2D eigenvalue weighted by Gasteiger charge is -2.21. The molecule has 0 amide bonds. The third-order valence-corrected chi connectivity index (χ3v) is 3.31. The van der Waals surface area contributed by atoms with Gasteiger partial charge in [-0.25, -0.2) is 0 Å². The van der Waals surface area contributed by atoms with Crippen molar-refractivity contribution in [2.45, 2.75) is 44.9 Å². The Hall–Kier alpha value is -1.36. The van der Waals surface area contributed by atoms with Crippen molar-refractivity contribution in [3.63, 3.8) is 0 Å². The van der Waals surface area contributed by atoms with E-state index in [1.54, 1.807) is 24.3 Å². The van der Waals surface area contributed by atoms with Crippen LogP contribution < -0.4 is 15.4 Å². The second-order valence-corrected chi connectivity index (χ2v) is 4.95. The molecule has 0 bridgehead atoms. The maximum absolute atomic E-state index is 12.3. The Bertz CT molecular complexity index is 395. The van der Waals surface area contributed by atoms with Gasteiger partial charge in [-0.2, -0.15) is 8.78 Å². The van der Waals surface area contributed by atoms with Gasteiger partial charge in [0, 0.05) is 12.1 Å². The zero-order valence-electron chi connectivity index (χ0n) is 11.0. The summed E-state index contributed by atoms with van der Waals surface area (Å²) >= 11 is 0. The normalized spacial score (nSPS) is 20.5. The monoisotopic (exact) mass is 270 g/mol. The molecule has 1 saturated heterocycles. The first-order valence-electron chi connectivity index (χ1n) is 6.69. The van der Waals surface area contributed by atoms with E-state index >= 15 is 0 Å². The molecular formula is C14H20F2N2O. The van der Waals surface area contributed by atoms with E-state index in [4.69, 9.17) is 0 Å². The van der Waals surface area contributed by atoms with Crippen LogP contribution in [0.25, 0.3) is 0 Å². The minimum Gasteiger partial charge on any atom is -0.433 e. The summed E-state index contributed by atoms with van der Waals surface area (Å²) < 4.78 is 29.1. The number of hydrogen-bond acceptors (Lipinski definition) is 3. The van der Waals surface area contributed by atoms with Crippen LogP contribution in [0.3, 0.4) is 0 Å². The van der Waals surface area contributed by atoms with Gasteiger partial charge in [-0.15, -0.1) is 0 Å². The summed E-state index contributed by atoms with van der Waals surface area (Å²) in [5, 5.41) is 6.67. The first kappa shape index (κ1) is 14.1. The van der Waals surface area contributed by atoms with Gasteiger partial charge < -0.3 is 15.4 Å². The maximum atomic E-state index is 12.3. The average molecular weight is 270 g/mol. The van der Waals surface area contributed by atoms with Crippen LogP contribution in [-0.4, -0.2) is 25.2 Å². The van der Waals surface area contributed by atoms with Crippen molar-refractivity contribution >= 4 is 5.69 Å². The minimum atomic E-state index is -2.80. The molecule has 2 atom stereocenters. The molecule has 1 aliphatic rings. The molecule has 1 aliphatic heterocycles. The van der Waals surface area contributed by atoms with E-state index in [2.05, 4.69) is 22.3 Å². The Morgan fingerprint density at radius 3 is 2.89 bits per heavy atom. The fourth-order valence-corrected chi connectivity index (χ4v) is 2.49. The number of alkyl halides is 2. The van der Waals surface area contributed by atoms with Crippen LogP contribution in [0, 0.1) is 0 Å². The summed E-state index contributed by atoms with van der Waals surface area (Å²) in [5.74, 6) is 0.198. The Labute approximate surface area is 112 Å². The Morgan fingerprint density at radius 1 is 1.42 bits per heavy atom. The van der Waals surface area contributed by atoms with E-state index in [0.717, 1.165) is 13.0 Å². The maximum Gasteiger partial charge on any atom is 0.387 e. The largest absolute Gasteiger partial charge is 0.433 e. The van der Waals surface area contributed by atoms with Gasteiger partial charge in [-0.1, -0.05) is 12.1 Å². The number of para-hydroxylation sites is 2. The molecule has 0 spiro atoms. The lowest BCUT2D eigenvalue weighted by Crippen LogP contribution is -2.29. The molecular weight excluding hydrogens is 250 g/mol. The van der Waals surface area contributed by atoms with E-state index < -0.39 is 6.61 Å². The predicted molar refractivity (Wildman–Crippen MR) is 71.8 cm³/mol. The lowest BCUT2D eigenvalue weighted by molar-refractivity contribution is -0.0493. The van der Waals surface area contributed by atoms with E-state index in [1.807, 2.05) is 0 Å². The second-order valence-electron chi connectivity index (χ2n) is 4.95. The summed E-state index contributed by atoms with van der Waals surface area (Å²) in [6, 6.07) is 7.53. The van der Waals surface area contributed by atoms with Gasteiger partial charge in [0.15, 0.2) is 0 Å². The zero-order valence-corrected chi connectivity index (χ0v) is 11.0. The molecule has 0 radical (unpaired) electrons. The first-order chi connectivity index (χ1) is 9.15. The summed E-state index contributed by atoms with van der Waals surface area (Å²) in [7, 11) is 0. The van der Waals surface area contributed by atoms with Gasteiger partial charge in [0.2, 0.25) is 0 Å². The molecule has 19 heavy (non-hydrogen) atoms. The number of hydrogen-bond donors (Lipinski definition) is 2. The van der Waals surface area contributed by atoms with Crippen molar-refractivity contribution in [2.24, 2.45) is 0 Å². The molecule has 1 fully saturated rings. The van der Waals surface area contributed by atoms with Crippen LogP contribution in [-0.2, 0) is 0 Å². The Kier molecular flexibility index (Phi) is 4.96. The molecule has 0 aromatic heterocycles. The van der Waals surface area contributed by atoms with Crippen LogP contribution >= 0.6 is 0 Å². The molecule has 1 heterocycles. The van der Waals surface area contributed by atoms with Gasteiger partial charge in [0.25, 0.3) is 0 Å². The van der Waals surface area contributed by atoms with Crippen molar-refractivity contribution < 1.29 is 13.5 Å². The van der Waals surface area contributed by atoms with Crippen LogP contribution in [0.1, 0.15) is 26.2 Å². The van der Waals surface area contributed by atoms with E-state index in [0.29, 0.717) is 11.7 Å². The van der Waals surface area contributed by atoms with Crippen LogP contribution in [0.5, 0.6) is 5.75 Å². The van der Waals surface area contributed by atoms with Crippen molar-refractivity contribution in [1.29, 1.82) is 0 Å². The highest BCUT2D eigenvalue weighted by molar-refractivity contribution is 5.56. The fraction of sp³-hybridized carbons (Fsp3) is 0.571. The Morgan fingerprint density at radius 2 is 2.21 bits per heavy atom. The summed E-state index contributed by atoms with van der Waals surface area (Å²) in [6.07, 6.45) is 3.37. The highest BCUT2D eigenvalue weighted by Crippen LogP contribution is 2.27. The van der Waals surface area contributed by atoms with E-state index in [-0.39, 0.29) is 11.8 Å². The van der Waals surface area contributed by atoms with Gasteiger partial charge in [-0.3, -0.25) is 0 Å². The highest BCUT2D eigenvalue weighted by atomic mass is 19.3. The molecule has 5 heteroatoms. The number of nitrogens with one attached hydrogen (secondary N) is 2. The molecule has 2 N–H and O–H groups in total. The molecule has 0 saturated carbocycles. The van der Waals surface area contributed by atoms with Gasteiger partial charge >= 0.3 is 6.61 Å². The van der Waals surface area contributed by atoms with E-state index in [1.165, 1.54) is 12.8 Å². The summed E-state index contributed by atoms with van der Waals surface area (Å²) in [6.45, 7) is 0.330. The third kappa shape index (κ3) is 4.35. The average Bonchev–Trinajstić information content (AvgIpc) is 2.83. The SMILES string of the molecule is CC(CC1CCCN1)Nc1ccccc1OC(F)F. The van der Waals surface area contributed by atoms with Crippen molar-refractivity contribution in [1.82, 2.24) is 5.32 Å². The quantitative estimate of drug-likeness (QED) is 0.832. The topological polar surface area (TPSA) is 33.3 Å². The zero-order chi connectivity index (χ0) is 13.7. The molecule has 2 rings (SSSR count). The highest BCUT2D eigenvalue weighted by Gasteiger charge is 2.18. The Balaban J connectivity index is 1.93. The first-order valence-corrected chi connectivity index (χ1v) is 6.69. The number of halogens is 2. The van der Waals surface area contributed by atoms with Gasteiger partial charge in [0.05, 0.1) is 5.69 Å². The molecule has 106 valence electrons. The van der Waals surface area contributed by atoms with Crippen molar-refractivity contribution in [3.8, 4) is 5.75 Å². The minimum absolute atomic E-state index is 0.198.